The number of nitrogens with one attached hydrogen (secondary N) is 2. The van der Waals surface area contributed by atoms with Gasteiger partial charge in [-0.25, -0.2) is 0 Å². The van der Waals surface area contributed by atoms with Gasteiger partial charge in [-0.05, 0) is 43.0 Å². The molecule has 1 heterocycles. The monoisotopic (exact) mass is 290 g/mol. The average molecular weight is 290 g/mol. The Hall–Kier alpha value is -1.88. The number of aliphatic hydroxyl groups is 1. The van der Waals surface area contributed by atoms with Crippen molar-refractivity contribution in [3.05, 3.63) is 29.3 Å². The van der Waals surface area contributed by atoms with Gasteiger partial charge >= 0.3 is 0 Å². The van der Waals surface area contributed by atoms with Crippen LogP contribution >= 0.6 is 0 Å². The third-order valence-electron chi connectivity index (χ3n) is 3.47. The zero-order valence-corrected chi connectivity index (χ0v) is 12.7. The molecular weight excluding hydrogens is 268 g/mol. The number of hydrogen-bond donors (Lipinski definition) is 3. The molecule has 1 aliphatic rings. The molecule has 3 N–H and O–H groups in total. The van der Waals surface area contributed by atoms with E-state index >= 15 is 0 Å². The van der Waals surface area contributed by atoms with Crippen LogP contribution in [0.2, 0.25) is 0 Å². The van der Waals surface area contributed by atoms with Gasteiger partial charge in [-0.2, -0.15) is 0 Å². The van der Waals surface area contributed by atoms with Crippen molar-refractivity contribution in [3.8, 4) is 0 Å². The van der Waals surface area contributed by atoms with Crippen molar-refractivity contribution in [2.24, 2.45) is 5.92 Å². The van der Waals surface area contributed by atoms with Crippen molar-refractivity contribution in [1.82, 2.24) is 5.32 Å². The van der Waals surface area contributed by atoms with E-state index in [0.29, 0.717) is 24.3 Å². The molecule has 5 nitrogen and oxygen atoms in total. The van der Waals surface area contributed by atoms with Crippen molar-refractivity contribution >= 4 is 17.5 Å². The van der Waals surface area contributed by atoms with E-state index in [-0.39, 0.29) is 18.4 Å². The summed E-state index contributed by atoms with van der Waals surface area (Å²) in [7, 11) is 0. The summed E-state index contributed by atoms with van der Waals surface area (Å²) in [4.78, 5) is 23.4. The van der Waals surface area contributed by atoms with E-state index in [1.165, 1.54) is 0 Å². The number of benzene rings is 1. The summed E-state index contributed by atoms with van der Waals surface area (Å²) in [5.74, 6) is 0.0672. The Bertz CT molecular complexity index is 565. The van der Waals surface area contributed by atoms with Gasteiger partial charge in [-0.1, -0.05) is 13.8 Å². The Kier molecular flexibility index (Phi) is 4.32. The van der Waals surface area contributed by atoms with Crippen LogP contribution in [-0.2, 0) is 11.2 Å². The third-order valence-corrected chi connectivity index (χ3v) is 3.47. The lowest BCUT2D eigenvalue weighted by Gasteiger charge is -2.25. The first kappa shape index (κ1) is 15.5. The molecule has 114 valence electrons. The molecule has 0 bridgehead atoms. The van der Waals surface area contributed by atoms with Crippen molar-refractivity contribution < 1.29 is 14.7 Å². The molecule has 1 atom stereocenters. The second-order valence-corrected chi connectivity index (χ2v) is 6.37. The SMILES string of the molecule is CC(C)CC(C)(O)CNC(=O)c1ccc2c(c1)CC(=O)N2. The number of hydrogen-bond acceptors (Lipinski definition) is 3. The molecule has 0 fully saturated rings. The smallest absolute Gasteiger partial charge is 0.251 e. The van der Waals surface area contributed by atoms with Gasteiger partial charge in [0.05, 0.1) is 12.0 Å². The molecule has 2 rings (SSSR count). The van der Waals surface area contributed by atoms with Gasteiger partial charge in [0, 0.05) is 17.8 Å². The molecule has 5 heteroatoms. The first-order chi connectivity index (χ1) is 9.77. The minimum absolute atomic E-state index is 0.0533. The van der Waals surface area contributed by atoms with Gasteiger partial charge < -0.3 is 15.7 Å². The average Bonchev–Trinajstić information content (AvgIpc) is 2.73. The number of rotatable bonds is 5. The number of anilines is 1. The molecule has 1 unspecified atom stereocenters. The van der Waals surface area contributed by atoms with Gasteiger partial charge in [-0.15, -0.1) is 0 Å². The summed E-state index contributed by atoms with van der Waals surface area (Å²) < 4.78 is 0. The van der Waals surface area contributed by atoms with E-state index in [4.69, 9.17) is 0 Å². The number of carbonyl (C=O) groups excluding carboxylic acids is 2. The van der Waals surface area contributed by atoms with Crippen LogP contribution < -0.4 is 10.6 Å². The third kappa shape index (κ3) is 4.04. The fourth-order valence-electron chi connectivity index (χ4n) is 2.69. The molecule has 1 aromatic carbocycles. The molecule has 1 aromatic rings. The van der Waals surface area contributed by atoms with E-state index in [0.717, 1.165) is 11.3 Å². The van der Waals surface area contributed by atoms with Crippen molar-refractivity contribution in [2.45, 2.75) is 39.2 Å². The van der Waals surface area contributed by atoms with Gasteiger partial charge in [-0.3, -0.25) is 9.59 Å². The fourth-order valence-corrected chi connectivity index (χ4v) is 2.69. The topological polar surface area (TPSA) is 78.4 Å². The highest BCUT2D eigenvalue weighted by molar-refractivity contribution is 6.01. The molecule has 1 aliphatic heterocycles. The van der Waals surface area contributed by atoms with Crippen LogP contribution in [0, 0.1) is 5.92 Å². The molecule has 0 aromatic heterocycles. The molecule has 0 saturated carbocycles. The summed E-state index contributed by atoms with van der Waals surface area (Å²) in [5.41, 5.74) is 1.19. The number of amides is 2. The van der Waals surface area contributed by atoms with E-state index in [9.17, 15) is 14.7 Å². The number of carbonyl (C=O) groups is 2. The lowest BCUT2D eigenvalue weighted by atomic mass is 9.94. The highest BCUT2D eigenvalue weighted by Crippen LogP contribution is 2.24. The van der Waals surface area contributed by atoms with Crippen LogP contribution in [0.5, 0.6) is 0 Å². The predicted octanol–water partition coefficient (Wildman–Crippen LogP) is 1.71. The molecule has 0 aliphatic carbocycles. The number of fused-ring (bicyclic) bond motifs is 1. The summed E-state index contributed by atoms with van der Waals surface area (Å²) in [6.45, 7) is 5.98. The lowest BCUT2D eigenvalue weighted by molar-refractivity contribution is -0.115. The van der Waals surface area contributed by atoms with Crippen LogP contribution in [0.1, 0.15) is 43.1 Å². The first-order valence-corrected chi connectivity index (χ1v) is 7.20. The maximum Gasteiger partial charge on any atom is 0.251 e. The van der Waals surface area contributed by atoms with Crippen LogP contribution in [0.4, 0.5) is 5.69 Å². The zero-order valence-electron chi connectivity index (χ0n) is 12.7. The van der Waals surface area contributed by atoms with E-state index in [1.807, 2.05) is 13.8 Å². The molecule has 0 saturated heterocycles. The van der Waals surface area contributed by atoms with Crippen LogP contribution in [0.3, 0.4) is 0 Å². The molecule has 0 radical (unpaired) electrons. The Labute approximate surface area is 124 Å². The van der Waals surface area contributed by atoms with Crippen molar-refractivity contribution in [1.29, 1.82) is 0 Å². The summed E-state index contributed by atoms with van der Waals surface area (Å²) in [6.07, 6.45) is 0.928. The van der Waals surface area contributed by atoms with Crippen molar-refractivity contribution in [2.75, 3.05) is 11.9 Å². The second-order valence-electron chi connectivity index (χ2n) is 6.37. The Morgan fingerprint density at radius 2 is 2.19 bits per heavy atom. The Morgan fingerprint density at radius 1 is 1.48 bits per heavy atom. The van der Waals surface area contributed by atoms with Gasteiger partial charge in [0.1, 0.15) is 0 Å². The minimum atomic E-state index is -0.919. The molecule has 0 spiro atoms. The quantitative estimate of drug-likeness (QED) is 0.772. The second kappa shape index (κ2) is 5.85. The first-order valence-electron chi connectivity index (χ1n) is 7.20. The maximum atomic E-state index is 12.1. The van der Waals surface area contributed by atoms with Crippen molar-refractivity contribution in [3.63, 3.8) is 0 Å². The molecular formula is C16H22N2O3. The van der Waals surface area contributed by atoms with Gasteiger partial charge in [0.25, 0.3) is 5.91 Å². The Balaban J connectivity index is 1.98. The van der Waals surface area contributed by atoms with Crippen LogP contribution in [-0.4, -0.2) is 29.1 Å². The Morgan fingerprint density at radius 3 is 2.86 bits per heavy atom. The predicted molar refractivity (Wildman–Crippen MR) is 81.2 cm³/mol. The fraction of sp³-hybridized carbons (Fsp3) is 0.500. The largest absolute Gasteiger partial charge is 0.388 e. The van der Waals surface area contributed by atoms with Crippen LogP contribution in [0.15, 0.2) is 18.2 Å². The van der Waals surface area contributed by atoms with E-state index in [2.05, 4.69) is 10.6 Å². The van der Waals surface area contributed by atoms with Gasteiger partial charge in [0.15, 0.2) is 0 Å². The minimum Gasteiger partial charge on any atom is -0.388 e. The summed E-state index contributed by atoms with van der Waals surface area (Å²) in [5, 5.41) is 15.7. The lowest BCUT2D eigenvalue weighted by Crippen LogP contribution is -2.41. The van der Waals surface area contributed by atoms with E-state index < -0.39 is 5.60 Å². The zero-order chi connectivity index (χ0) is 15.6. The summed E-state index contributed by atoms with van der Waals surface area (Å²) >= 11 is 0. The highest BCUT2D eigenvalue weighted by Gasteiger charge is 2.24. The highest BCUT2D eigenvalue weighted by atomic mass is 16.3. The maximum absolute atomic E-state index is 12.1. The molecule has 2 amide bonds. The normalized spacial score (nSPS) is 16.3. The standard InChI is InChI=1S/C16H22N2O3/c1-10(2)8-16(3,21)9-17-15(20)11-4-5-13-12(6-11)7-14(19)18-13/h4-6,10,21H,7-9H2,1-3H3,(H,17,20)(H,18,19). The molecule has 21 heavy (non-hydrogen) atoms. The van der Waals surface area contributed by atoms with Crippen LogP contribution in [0.25, 0.3) is 0 Å². The van der Waals surface area contributed by atoms with Gasteiger partial charge in [0.2, 0.25) is 5.91 Å². The van der Waals surface area contributed by atoms with E-state index in [1.54, 1.807) is 25.1 Å². The summed E-state index contributed by atoms with van der Waals surface area (Å²) in [6, 6.07) is 5.14.